The standard InChI is InChI=1S/C22H30N4O2/c1-3-4-10-26-11-7-18-20(24-15-23-18)22(26)8-12-25(13-9-22)21(28)17-6-5-16(2)14-19(17)27/h5-6,14-15,27H,3-4,7-13H2,1-2H3,(H,23,24). The van der Waals surface area contributed by atoms with Gasteiger partial charge in [-0.2, -0.15) is 0 Å². The van der Waals surface area contributed by atoms with Gasteiger partial charge in [-0.15, -0.1) is 0 Å². The van der Waals surface area contributed by atoms with E-state index in [1.807, 2.05) is 24.2 Å². The number of likely N-dealkylation sites (tertiary alicyclic amines) is 1. The van der Waals surface area contributed by atoms with Crippen molar-refractivity contribution in [2.75, 3.05) is 26.2 Å². The van der Waals surface area contributed by atoms with Gasteiger partial charge < -0.3 is 15.0 Å². The van der Waals surface area contributed by atoms with Gasteiger partial charge in [-0.05, 0) is 50.4 Å². The average molecular weight is 383 g/mol. The molecule has 6 heteroatoms. The molecule has 1 aromatic carbocycles. The lowest BCUT2D eigenvalue weighted by Gasteiger charge is -2.50. The molecule has 4 rings (SSSR count). The number of phenolic OH excluding ortho intramolecular Hbond substituents is 1. The number of benzene rings is 1. The smallest absolute Gasteiger partial charge is 0.257 e. The van der Waals surface area contributed by atoms with Gasteiger partial charge >= 0.3 is 0 Å². The van der Waals surface area contributed by atoms with Crippen LogP contribution in [-0.4, -0.2) is 57.0 Å². The van der Waals surface area contributed by atoms with E-state index in [9.17, 15) is 9.90 Å². The van der Waals surface area contributed by atoms with Crippen molar-refractivity contribution in [1.82, 2.24) is 19.8 Å². The number of aromatic nitrogens is 2. The van der Waals surface area contributed by atoms with Gasteiger partial charge in [-0.25, -0.2) is 4.98 Å². The number of piperidine rings is 1. The van der Waals surface area contributed by atoms with Crippen LogP contribution in [-0.2, 0) is 12.0 Å². The summed E-state index contributed by atoms with van der Waals surface area (Å²) in [4.78, 5) is 25.5. The first-order valence-electron chi connectivity index (χ1n) is 10.4. The first kappa shape index (κ1) is 19.0. The van der Waals surface area contributed by atoms with Gasteiger partial charge in [0.15, 0.2) is 0 Å². The Kier molecular flexibility index (Phi) is 5.15. The molecule has 1 amide bonds. The Hall–Kier alpha value is -2.34. The second-order valence-electron chi connectivity index (χ2n) is 8.16. The van der Waals surface area contributed by atoms with Crippen molar-refractivity contribution in [3.8, 4) is 5.75 Å². The number of carbonyl (C=O) groups excluding carboxylic acids is 1. The maximum Gasteiger partial charge on any atom is 0.257 e. The van der Waals surface area contributed by atoms with E-state index in [0.29, 0.717) is 18.7 Å². The highest BCUT2D eigenvalue weighted by Gasteiger charge is 2.47. The molecule has 6 nitrogen and oxygen atoms in total. The molecule has 0 radical (unpaired) electrons. The summed E-state index contributed by atoms with van der Waals surface area (Å²) >= 11 is 0. The third-order valence-corrected chi connectivity index (χ3v) is 6.44. The van der Waals surface area contributed by atoms with Crippen LogP contribution in [0, 0.1) is 6.92 Å². The van der Waals surface area contributed by atoms with Crippen LogP contribution < -0.4 is 0 Å². The SMILES string of the molecule is CCCCN1CCc2[nH]cnc2C12CCN(C(=O)c1ccc(C)cc1O)CC2. The van der Waals surface area contributed by atoms with Crippen LogP contribution in [0.15, 0.2) is 24.5 Å². The average Bonchev–Trinajstić information content (AvgIpc) is 3.18. The topological polar surface area (TPSA) is 72.5 Å². The zero-order valence-corrected chi connectivity index (χ0v) is 16.9. The van der Waals surface area contributed by atoms with E-state index in [4.69, 9.17) is 4.98 Å². The number of hydrogen-bond acceptors (Lipinski definition) is 4. The molecule has 1 saturated heterocycles. The fraction of sp³-hybridized carbons (Fsp3) is 0.545. The first-order chi connectivity index (χ1) is 13.5. The van der Waals surface area contributed by atoms with Crippen LogP contribution >= 0.6 is 0 Å². The molecule has 2 aliphatic rings. The fourth-order valence-electron chi connectivity index (χ4n) is 4.82. The fourth-order valence-corrected chi connectivity index (χ4v) is 4.82. The Bertz CT molecular complexity index is 852. The number of rotatable bonds is 4. The van der Waals surface area contributed by atoms with E-state index in [1.165, 1.54) is 24.2 Å². The van der Waals surface area contributed by atoms with Crippen molar-refractivity contribution in [3.63, 3.8) is 0 Å². The zero-order chi connectivity index (χ0) is 19.7. The summed E-state index contributed by atoms with van der Waals surface area (Å²) in [6.45, 7) is 7.62. The molecule has 1 spiro atoms. The normalized spacial score (nSPS) is 19.0. The summed E-state index contributed by atoms with van der Waals surface area (Å²) in [7, 11) is 0. The number of carbonyl (C=O) groups is 1. The number of nitrogens with one attached hydrogen (secondary N) is 1. The minimum absolute atomic E-state index is 0.0714. The lowest BCUT2D eigenvalue weighted by molar-refractivity contribution is 0.00624. The van der Waals surface area contributed by atoms with Gasteiger partial charge in [0.05, 0.1) is 23.1 Å². The summed E-state index contributed by atoms with van der Waals surface area (Å²) in [5.74, 6) is -0.00682. The Morgan fingerprint density at radius 3 is 2.79 bits per heavy atom. The van der Waals surface area contributed by atoms with Gasteiger partial charge in [0.2, 0.25) is 0 Å². The van der Waals surface area contributed by atoms with Crippen molar-refractivity contribution in [1.29, 1.82) is 0 Å². The lowest BCUT2D eigenvalue weighted by Crippen LogP contribution is -2.57. The molecule has 0 saturated carbocycles. The van der Waals surface area contributed by atoms with E-state index in [2.05, 4.69) is 16.8 Å². The van der Waals surface area contributed by atoms with E-state index < -0.39 is 0 Å². The first-order valence-corrected chi connectivity index (χ1v) is 10.4. The number of H-pyrrole nitrogens is 1. The Labute approximate surface area is 166 Å². The maximum absolute atomic E-state index is 13.0. The molecular weight excluding hydrogens is 352 g/mol. The van der Waals surface area contributed by atoms with E-state index in [0.717, 1.165) is 37.9 Å². The number of aromatic amines is 1. The molecule has 2 N–H and O–H groups in total. The molecule has 2 aromatic rings. The zero-order valence-electron chi connectivity index (χ0n) is 16.9. The van der Waals surface area contributed by atoms with E-state index in [-0.39, 0.29) is 17.2 Å². The molecule has 28 heavy (non-hydrogen) atoms. The minimum atomic E-state index is -0.0782. The second kappa shape index (κ2) is 7.59. The largest absolute Gasteiger partial charge is 0.507 e. The number of fused-ring (bicyclic) bond motifs is 2. The molecule has 0 bridgehead atoms. The van der Waals surface area contributed by atoms with Crippen LogP contribution in [0.4, 0.5) is 0 Å². The predicted octanol–water partition coefficient (Wildman–Crippen LogP) is 3.21. The number of aromatic hydroxyl groups is 1. The third kappa shape index (κ3) is 3.20. The molecule has 0 atom stereocenters. The molecule has 3 heterocycles. The van der Waals surface area contributed by atoms with Crippen molar-refractivity contribution < 1.29 is 9.90 Å². The predicted molar refractivity (Wildman–Crippen MR) is 108 cm³/mol. The van der Waals surface area contributed by atoms with Gasteiger partial charge in [-0.3, -0.25) is 9.69 Å². The van der Waals surface area contributed by atoms with E-state index >= 15 is 0 Å². The number of amides is 1. The maximum atomic E-state index is 13.0. The number of unbranched alkanes of at least 4 members (excludes halogenated alkanes) is 1. The molecule has 2 aliphatic heterocycles. The summed E-state index contributed by atoms with van der Waals surface area (Å²) < 4.78 is 0. The molecule has 1 fully saturated rings. The highest BCUT2D eigenvalue weighted by atomic mass is 16.3. The lowest BCUT2D eigenvalue weighted by atomic mass is 9.78. The summed E-state index contributed by atoms with van der Waals surface area (Å²) in [5.41, 5.74) is 3.71. The number of aryl methyl sites for hydroxylation is 1. The highest BCUT2D eigenvalue weighted by molar-refractivity contribution is 5.97. The number of phenols is 1. The molecule has 0 unspecified atom stereocenters. The van der Waals surface area contributed by atoms with Crippen molar-refractivity contribution >= 4 is 5.91 Å². The van der Waals surface area contributed by atoms with Crippen LogP contribution in [0.25, 0.3) is 0 Å². The Morgan fingerprint density at radius 2 is 2.07 bits per heavy atom. The van der Waals surface area contributed by atoms with Gasteiger partial charge in [-0.1, -0.05) is 19.4 Å². The number of nitrogens with zero attached hydrogens (tertiary/aromatic N) is 3. The summed E-state index contributed by atoms with van der Waals surface area (Å²) in [6, 6.07) is 5.27. The van der Waals surface area contributed by atoms with Crippen LogP contribution in [0.3, 0.4) is 0 Å². The van der Waals surface area contributed by atoms with E-state index in [1.54, 1.807) is 12.1 Å². The van der Waals surface area contributed by atoms with Crippen molar-refractivity contribution in [3.05, 3.63) is 47.0 Å². The number of imidazole rings is 1. The highest BCUT2D eigenvalue weighted by Crippen LogP contribution is 2.42. The molecule has 0 aliphatic carbocycles. The summed E-state index contributed by atoms with van der Waals surface area (Å²) in [6.07, 6.45) is 6.96. The second-order valence-corrected chi connectivity index (χ2v) is 8.16. The van der Waals surface area contributed by atoms with Crippen molar-refractivity contribution in [2.24, 2.45) is 0 Å². The van der Waals surface area contributed by atoms with Crippen LogP contribution in [0.2, 0.25) is 0 Å². The minimum Gasteiger partial charge on any atom is -0.507 e. The molecule has 150 valence electrons. The van der Waals surface area contributed by atoms with Crippen LogP contribution in [0.1, 0.15) is 59.9 Å². The van der Waals surface area contributed by atoms with Crippen molar-refractivity contribution in [2.45, 2.75) is 51.5 Å². The van der Waals surface area contributed by atoms with Gasteiger partial charge in [0, 0.05) is 31.7 Å². The Morgan fingerprint density at radius 1 is 1.29 bits per heavy atom. The quantitative estimate of drug-likeness (QED) is 0.852. The number of hydrogen-bond donors (Lipinski definition) is 2. The third-order valence-electron chi connectivity index (χ3n) is 6.44. The monoisotopic (exact) mass is 382 g/mol. The van der Waals surface area contributed by atoms with Gasteiger partial charge in [0.25, 0.3) is 5.91 Å². The molecular formula is C22H30N4O2. The Balaban J connectivity index is 1.55. The summed E-state index contributed by atoms with van der Waals surface area (Å²) in [5, 5.41) is 10.2. The van der Waals surface area contributed by atoms with Crippen LogP contribution in [0.5, 0.6) is 5.75 Å². The van der Waals surface area contributed by atoms with Gasteiger partial charge in [0.1, 0.15) is 5.75 Å². The molecule has 1 aromatic heterocycles.